The molecule has 5 heteroatoms. The summed E-state index contributed by atoms with van der Waals surface area (Å²) in [7, 11) is 0. The summed E-state index contributed by atoms with van der Waals surface area (Å²) in [4.78, 5) is 0. The zero-order chi connectivity index (χ0) is 13.2. The lowest BCUT2D eigenvalue weighted by atomic mass is 9.99. The Morgan fingerprint density at radius 1 is 1.39 bits per heavy atom. The van der Waals surface area contributed by atoms with Gasteiger partial charge in [0.1, 0.15) is 5.75 Å². The fraction of sp³-hybridized carbons (Fsp3) is 0.538. The zero-order valence-corrected chi connectivity index (χ0v) is 10.2. The number of ether oxygens (including phenoxy) is 1. The molecule has 1 aliphatic heterocycles. The molecule has 1 heterocycles. The lowest BCUT2D eigenvalue weighted by Crippen LogP contribution is -2.26. The normalized spacial score (nSPS) is 16.2. The van der Waals surface area contributed by atoms with Gasteiger partial charge < -0.3 is 10.1 Å². The maximum Gasteiger partial charge on any atom is 0.390 e. The molecule has 2 rings (SSSR count). The minimum Gasteiger partial charge on any atom is -0.493 e. The number of alkyl halides is 3. The average molecular weight is 259 g/mol. The van der Waals surface area contributed by atoms with Crippen molar-refractivity contribution >= 4 is 0 Å². The quantitative estimate of drug-likeness (QED) is 0.896. The first-order valence-electron chi connectivity index (χ1n) is 6.06. The van der Waals surface area contributed by atoms with Crippen molar-refractivity contribution in [2.75, 3.05) is 13.2 Å². The summed E-state index contributed by atoms with van der Waals surface area (Å²) in [5, 5.41) is 2.89. The van der Waals surface area contributed by atoms with Crippen molar-refractivity contribution in [2.24, 2.45) is 0 Å². The van der Waals surface area contributed by atoms with Gasteiger partial charge in [0.25, 0.3) is 0 Å². The van der Waals surface area contributed by atoms with E-state index in [1.54, 1.807) is 19.1 Å². The van der Waals surface area contributed by atoms with Gasteiger partial charge in [-0.25, -0.2) is 0 Å². The number of nitrogens with one attached hydrogen (secondary N) is 1. The fourth-order valence-electron chi connectivity index (χ4n) is 2.28. The molecule has 1 atom stereocenters. The third-order valence-electron chi connectivity index (χ3n) is 3.01. The molecule has 0 saturated carbocycles. The minimum absolute atomic E-state index is 0.490. The van der Waals surface area contributed by atoms with Crippen LogP contribution in [0.5, 0.6) is 5.75 Å². The Morgan fingerprint density at radius 3 is 2.83 bits per heavy atom. The van der Waals surface area contributed by atoms with Crippen LogP contribution in [0.4, 0.5) is 13.2 Å². The van der Waals surface area contributed by atoms with Crippen LogP contribution in [0, 0.1) is 0 Å². The highest BCUT2D eigenvalue weighted by Crippen LogP contribution is 2.37. The summed E-state index contributed by atoms with van der Waals surface area (Å²) < 4.78 is 43.2. The highest BCUT2D eigenvalue weighted by Gasteiger charge is 2.34. The standard InChI is InChI=1S/C13H16F3NO/c1-2-17-11(8-13(14,15)16)10-5-3-4-9-6-7-18-12(9)10/h3-5,11,17H,2,6-8H2,1H3. The van der Waals surface area contributed by atoms with Crippen LogP contribution in [0.3, 0.4) is 0 Å². The van der Waals surface area contributed by atoms with Crippen LogP contribution in [0.15, 0.2) is 18.2 Å². The Bertz CT molecular complexity index is 417. The number of fused-ring (bicyclic) bond motifs is 1. The predicted molar refractivity (Wildman–Crippen MR) is 62.7 cm³/mol. The van der Waals surface area contributed by atoms with Gasteiger partial charge in [-0.3, -0.25) is 0 Å². The van der Waals surface area contributed by atoms with Gasteiger partial charge in [-0.1, -0.05) is 25.1 Å². The molecule has 0 fully saturated rings. The average Bonchev–Trinajstić information content (AvgIpc) is 2.74. The second kappa shape index (κ2) is 5.18. The number of rotatable bonds is 4. The highest BCUT2D eigenvalue weighted by molar-refractivity contribution is 5.45. The molecule has 1 aromatic carbocycles. The summed E-state index contributed by atoms with van der Waals surface area (Å²) in [6, 6.07) is 4.68. The van der Waals surface area contributed by atoms with Crippen molar-refractivity contribution in [3.8, 4) is 5.75 Å². The molecule has 0 amide bonds. The van der Waals surface area contributed by atoms with E-state index in [1.165, 1.54) is 0 Å². The van der Waals surface area contributed by atoms with E-state index in [9.17, 15) is 13.2 Å². The molecular weight excluding hydrogens is 243 g/mol. The van der Waals surface area contributed by atoms with Gasteiger partial charge in [-0.05, 0) is 12.1 Å². The van der Waals surface area contributed by atoms with Crippen LogP contribution >= 0.6 is 0 Å². The van der Waals surface area contributed by atoms with E-state index in [4.69, 9.17) is 4.74 Å². The third-order valence-corrected chi connectivity index (χ3v) is 3.01. The van der Waals surface area contributed by atoms with E-state index in [0.717, 1.165) is 12.0 Å². The minimum atomic E-state index is -4.19. The maximum absolute atomic E-state index is 12.6. The van der Waals surface area contributed by atoms with Gasteiger partial charge in [0, 0.05) is 18.0 Å². The fourth-order valence-corrected chi connectivity index (χ4v) is 2.28. The first-order chi connectivity index (χ1) is 8.51. The molecule has 0 aromatic heterocycles. The van der Waals surface area contributed by atoms with Crippen molar-refractivity contribution in [1.29, 1.82) is 0 Å². The smallest absolute Gasteiger partial charge is 0.390 e. The first kappa shape index (κ1) is 13.2. The van der Waals surface area contributed by atoms with E-state index in [-0.39, 0.29) is 0 Å². The van der Waals surface area contributed by atoms with Crippen molar-refractivity contribution in [3.05, 3.63) is 29.3 Å². The van der Waals surface area contributed by atoms with Crippen molar-refractivity contribution < 1.29 is 17.9 Å². The van der Waals surface area contributed by atoms with Crippen molar-refractivity contribution in [2.45, 2.75) is 32.0 Å². The molecule has 0 saturated heterocycles. The Labute approximate surface area is 104 Å². The van der Waals surface area contributed by atoms with Crippen LogP contribution in [0.1, 0.15) is 30.5 Å². The molecule has 0 aliphatic carbocycles. The van der Waals surface area contributed by atoms with Crippen LogP contribution in [-0.2, 0) is 6.42 Å². The molecule has 0 spiro atoms. The van der Waals surface area contributed by atoms with E-state index in [0.29, 0.717) is 24.5 Å². The van der Waals surface area contributed by atoms with E-state index in [2.05, 4.69) is 5.32 Å². The Hall–Kier alpha value is -1.23. The number of benzene rings is 1. The van der Waals surface area contributed by atoms with E-state index < -0.39 is 18.6 Å². The van der Waals surface area contributed by atoms with Crippen molar-refractivity contribution in [3.63, 3.8) is 0 Å². The third kappa shape index (κ3) is 2.96. The van der Waals surface area contributed by atoms with Gasteiger partial charge in [0.15, 0.2) is 0 Å². The van der Waals surface area contributed by atoms with Crippen molar-refractivity contribution in [1.82, 2.24) is 5.32 Å². The predicted octanol–water partition coefficient (Wildman–Crippen LogP) is 3.22. The number of hydrogen-bond acceptors (Lipinski definition) is 2. The summed E-state index contributed by atoms with van der Waals surface area (Å²) in [6.45, 7) is 2.84. The molecule has 1 aromatic rings. The van der Waals surface area contributed by atoms with E-state index in [1.807, 2.05) is 6.07 Å². The zero-order valence-electron chi connectivity index (χ0n) is 10.2. The van der Waals surface area contributed by atoms with Gasteiger partial charge in [-0.2, -0.15) is 13.2 Å². The van der Waals surface area contributed by atoms with Crippen LogP contribution < -0.4 is 10.1 Å². The SMILES string of the molecule is CCNC(CC(F)(F)F)c1cccc2c1OCC2. The first-order valence-corrected chi connectivity index (χ1v) is 6.06. The van der Waals surface area contributed by atoms with Crippen LogP contribution in [0.25, 0.3) is 0 Å². The van der Waals surface area contributed by atoms with Gasteiger partial charge in [0.2, 0.25) is 0 Å². The Morgan fingerprint density at radius 2 is 2.17 bits per heavy atom. The number of para-hydroxylation sites is 1. The Kier molecular flexibility index (Phi) is 3.80. The molecule has 2 nitrogen and oxygen atoms in total. The maximum atomic E-state index is 12.6. The number of halogens is 3. The lowest BCUT2D eigenvalue weighted by molar-refractivity contribution is -0.140. The molecule has 1 N–H and O–H groups in total. The lowest BCUT2D eigenvalue weighted by Gasteiger charge is -2.21. The molecule has 100 valence electrons. The molecule has 0 bridgehead atoms. The molecule has 18 heavy (non-hydrogen) atoms. The molecular formula is C13H16F3NO. The summed E-state index contributed by atoms with van der Waals surface area (Å²) in [5.41, 5.74) is 1.61. The molecule has 0 radical (unpaired) electrons. The van der Waals surface area contributed by atoms with Gasteiger partial charge in [-0.15, -0.1) is 0 Å². The summed E-state index contributed by atoms with van der Waals surface area (Å²) in [5.74, 6) is 0.632. The Balaban J connectivity index is 2.28. The molecule has 1 unspecified atom stereocenters. The van der Waals surface area contributed by atoms with Crippen LogP contribution in [-0.4, -0.2) is 19.3 Å². The summed E-state index contributed by atoms with van der Waals surface area (Å²) >= 11 is 0. The van der Waals surface area contributed by atoms with Gasteiger partial charge >= 0.3 is 6.18 Å². The molecule has 1 aliphatic rings. The monoisotopic (exact) mass is 259 g/mol. The second-order valence-corrected chi connectivity index (χ2v) is 4.36. The number of hydrogen-bond donors (Lipinski definition) is 1. The highest BCUT2D eigenvalue weighted by atomic mass is 19.4. The second-order valence-electron chi connectivity index (χ2n) is 4.36. The van der Waals surface area contributed by atoms with E-state index >= 15 is 0 Å². The summed E-state index contributed by atoms with van der Waals surface area (Å²) in [6.07, 6.45) is -4.29. The van der Waals surface area contributed by atoms with Crippen LogP contribution in [0.2, 0.25) is 0 Å². The largest absolute Gasteiger partial charge is 0.493 e. The topological polar surface area (TPSA) is 21.3 Å². The van der Waals surface area contributed by atoms with Gasteiger partial charge in [0.05, 0.1) is 13.0 Å².